The number of hydrogen-bond acceptors (Lipinski definition) is 2. The Kier molecular flexibility index (Phi) is 3.17. The molecule has 4 heteroatoms. The minimum absolute atomic E-state index is 0.0145. The highest BCUT2D eigenvalue weighted by Crippen LogP contribution is 2.39. The number of aromatic carboxylic acids is 1. The quantitative estimate of drug-likeness (QED) is 0.890. The normalized spacial score (nSPS) is 26.3. The van der Waals surface area contributed by atoms with Crippen molar-refractivity contribution in [3.8, 4) is 0 Å². The van der Waals surface area contributed by atoms with Gasteiger partial charge in [0.1, 0.15) is 5.82 Å². The second kappa shape index (κ2) is 4.83. The predicted octanol–water partition coefficient (Wildman–Crippen LogP) is 3.29. The van der Waals surface area contributed by atoms with E-state index in [1.807, 2.05) is 0 Å². The van der Waals surface area contributed by atoms with Gasteiger partial charge < -0.3 is 10.0 Å². The third-order valence-corrected chi connectivity index (χ3v) is 4.51. The molecule has 0 aromatic heterocycles. The average molecular weight is 263 g/mol. The van der Waals surface area contributed by atoms with Crippen LogP contribution >= 0.6 is 0 Å². The second-order valence-corrected chi connectivity index (χ2v) is 5.57. The first-order valence-electron chi connectivity index (χ1n) is 6.96. The van der Waals surface area contributed by atoms with E-state index in [0.29, 0.717) is 17.6 Å². The van der Waals surface area contributed by atoms with Crippen LogP contribution in [0.4, 0.5) is 10.1 Å². The molecule has 0 amide bonds. The lowest BCUT2D eigenvalue weighted by Crippen LogP contribution is -2.35. The van der Waals surface area contributed by atoms with Gasteiger partial charge in [-0.2, -0.15) is 0 Å². The first kappa shape index (κ1) is 12.5. The van der Waals surface area contributed by atoms with Crippen molar-refractivity contribution in [2.45, 2.75) is 38.1 Å². The lowest BCUT2D eigenvalue weighted by atomic mass is 9.85. The number of benzene rings is 1. The third kappa shape index (κ3) is 2.20. The smallest absolute Gasteiger partial charge is 0.335 e. The molecule has 3 rings (SSSR count). The van der Waals surface area contributed by atoms with Crippen LogP contribution in [0.2, 0.25) is 0 Å². The van der Waals surface area contributed by atoms with Gasteiger partial charge in [-0.1, -0.05) is 12.8 Å². The Morgan fingerprint density at radius 2 is 2.05 bits per heavy atom. The SMILES string of the molecule is O=C(O)c1ccc(N2CCC3CCCCC32)c(F)c1. The van der Waals surface area contributed by atoms with Crippen LogP contribution in [0.25, 0.3) is 0 Å². The number of anilines is 1. The number of carboxylic acids is 1. The average Bonchev–Trinajstić information content (AvgIpc) is 2.82. The van der Waals surface area contributed by atoms with E-state index in [1.165, 1.54) is 25.3 Å². The highest BCUT2D eigenvalue weighted by Gasteiger charge is 2.36. The summed E-state index contributed by atoms with van der Waals surface area (Å²) in [6.07, 6.45) is 6.01. The van der Waals surface area contributed by atoms with Gasteiger partial charge in [0.05, 0.1) is 11.3 Å². The molecule has 0 bridgehead atoms. The van der Waals surface area contributed by atoms with Crippen LogP contribution in [-0.4, -0.2) is 23.7 Å². The van der Waals surface area contributed by atoms with Gasteiger partial charge in [0.25, 0.3) is 0 Å². The fourth-order valence-electron chi connectivity index (χ4n) is 3.58. The number of carboxylic acid groups (broad SMARTS) is 1. The molecule has 3 nitrogen and oxygen atoms in total. The molecule has 1 N–H and O–H groups in total. The lowest BCUT2D eigenvalue weighted by Gasteiger charge is -2.33. The molecule has 2 aliphatic rings. The molecule has 2 unspecified atom stereocenters. The minimum Gasteiger partial charge on any atom is -0.478 e. The summed E-state index contributed by atoms with van der Waals surface area (Å²) in [5.74, 6) is -0.805. The van der Waals surface area contributed by atoms with Crippen LogP contribution in [0, 0.1) is 11.7 Å². The van der Waals surface area contributed by atoms with Gasteiger partial charge in [-0.05, 0) is 43.4 Å². The van der Waals surface area contributed by atoms with Crippen molar-refractivity contribution in [2.75, 3.05) is 11.4 Å². The molecule has 1 heterocycles. The van der Waals surface area contributed by atoms with Crippen molar-refractivity contribution < 1.29 is 14.3 Å². The Hall–Kier alpha value is -1.58. The van der Waals surface area contributed by atoms with Crippen LogP contribution < -0.4 is 4.90 Å². The molecule has 1 aliphatic heterocycles. The van der Waals surface area contributed by atoms with E-state index in [0.717, 1.165) is 25.5 Å². The maximum atomic E-state index is 14.1. The molecule has 0 radical (unpaired) electrons. The van der Waals surface area contributed by atoms with E-state index in [1.54, 1.807) is 6.07 Å². The summed E-state index contributed by atoms with van der Waals surface area (Å²) in [7, 11) is 0. The minimum atomic E-state index is -1.08. The van der Waals surface area contributed by atoms with Gasteiger partial charge in [-0.3, -0.25) is 0 Å². The molecule has 0 spiro atoms. The summed E-state index contributed by atoms with van der Waals surface area (Å²) in [5, 5.41) is 8.87. The van der Waals surface area contributed by atoms with Crippen LogP contribution in [0.5, 0.6) is 0 Å². The molecule has 102 valence electrons. The van der Waals surface area contributed by atoms with E-state index < -0.39 is 11.8 Å². The summed E-state index contributed by atoms with van der Waals surface area (Å²) in [5.41, 5.74) is 0.583. The summed E-state index contributed by atoms with van der Waals surface area (Å²) >= 11 is 0. The summed E-state index contributed by atoms with van der Waals surface area (Å²) < 4.78 is 14.1. The first-order valence-corrected chi connectivity index (χ1v) is 6.96. The van der Waals surface area contributed by atoms with Gasteiger partial charge in [0.2, 0.25) is 0 Å². The highest BCUT2D eigenvalue weighted by atomic mass is 19.1. The summed E-state index contributed by atoms with van der Waals surface area (Å²) in [4.78, 5) is 13.0. The molecule has 1 aromatic rings. The fourth-order valence-corrected chi connectivity index (χ4v) is 3.58. The molecule has 2 atom stereocenters. The molecular formula is C15H18FNO2. The predicted molar refractivity (Wildman–Crippen MR) is 71.1 cm³/mol. The Labute approximate surface area is 112 Å². The first-order chi connectivity index (χ1) is 9.16. The van der Waals surface area contributed by atoms with Crippen LogP contribution in [0.3, 0.4) is 0 Å². The van der Waals surface area contributed by atoms with Crippen molar-refractivity contribution in [2.24, 2.45) is 5.92 Å². The van der Waals surface area contributed by atoms with Gasteiger partial charge in [-0.25, -0.2) is 9.18 Å². The second-order valence-electron chi connectivity index (χ2n) is 5.57. The summed E-state index contributed by atoms with van der Waals surface area (Å²) in [6.45, 7) is 0.888. The highest BCUT2D eigenvalue weighted by molar-refractivity contribution is 5.88. The van der Waals surface area contributed by atoms with E-state index in [4.69, 9.17) is 5.11 Å². The molecule has 1 aromatic carbocycles. The maximum Gasteiger partial charge on any atom is 0.335 e. The number of carbonyl (C=O) groups is 1. The van der Waals surface area contributed by atoms with Crippen molar-refractivity contribution in [3.63, 3.8) is 0 Å². The molecule has 2 fully saturated rings. The van der Waals surface area contributed by atoms with Crippen molar-refractivity contribution in [3.05, 3.63) is 29.6 Å². The largest absolute Gasteiger partial charge is 0.478 e. The van der Waals surface area contributed by atoms with Gasteiger partial charge in [-0.15, -0.1) is 0 Å². The van der Waals surface area contributed by atoms with E-state index in [-0.39, 0.29) is 5.56 Å². The van der Waals surface area contributed by atoms with Gasteiger partial charge >= 0.3 is 5.97 Å². The monoisotopic (exact) mass is 263 g/mol. The molecule has 1 aliphatic carbocycles. The zero-order chi connectivity index (χ0) is 13.4. The molecule has 1 saturated heterocycles. The van der Waals surface area contributed by atoms with Gasteiger partial charge in [0.15, 0.2) is 0 Å². The van der Waals surface area contributed by atoms with Crippen LogP contribution in [0.15, 0.2) is 18.2 Å². The van der Waals surface area contributed by atoms with Gasteiger partial charge in [0, 0.05) is 12.6 Å². The zero-order valence-corrected chi connectivity index (χ0v) is 10.8. The van der Waals surface area contributed by atoms with Crippen LogP contribution in [-0.2, 0) is 0 Å². The fraction of sp³-hybridized carbons (Fsp3) is 0.533. The zero-order valence-electron chi connectivity index (χ0n) is 10.8. The number of halogens is 1. The number of fused-ring (bicyclic) bond motifs is 1. The van der Waals surface area contributed by atoms with E-state index in [9.17, 15) is 9.18 Å². The molecular weight excluding hydrogens is 245 g/mol. The van der Waals surface area contributed by atoms with Crippen molar-refractivity contribution in [1.29, 1.82) is 0 Å². The standard InChI is InChI=1S/C15H18FNO2/c16-12-9-11(15(18)19)5-6-14(12)17-8-7-10-3-1-2-4-13(10)17/h5-6,9-10,13H,1-4,7-8H2,(H,18,19). The van der Waals surface area contributed by atoms with Crippen LogP contribution in [0.1, 0.15) is 42.5 Å². The molecule has 1 saturated carbocycles. The number of nitrogens with zero attached hydrogens (tertiary/aromatic N) is 1. The topological polar surface area (TPSA) is 40.5 Å². The van der Waals surface area contributed by atoms with E-state index in [2.05, 4.69) is 4.90 Å². The Morgan fingerprint density at radius 3 is 2.79 bits per heavy atom. The Morgan fingerprint density at radius 1 is 1.26 bits per heavy atom. The summed E-state index contributed by atoms with van der Waals surface area (Å²) in [6, 6.07) is 4.69. The van der Waals surface area contributed by atoms with Crippen molar-refractivity contribution >= 4 is 11.7 Å². The maximum absolute atomic E-state index is 14.1. The third-order valence-electron chi connectivity index (χ3n) is 4.51. The van der Waals surface area contributed by atoms with Crippen molar-refractivity contribution in [1.82, 2.24) is 0 Å². The van der Waals surface area contributed by atoms with E-state index >= 15 is 0 Å². The Bertz CT molecular complexity index is 503. The lowest BCUT2D eigenvalue weighted by molar-refractivity contribution is 0.0696. The molecule has 19 heavy (non-hydrogen) atoms. The number of hydrogen-bond donors (Lipinski definition) is 1. The Balaban J connectivity index is 1.88. The number of rotatable bonds is 2.